The van der Waals surface area contributed by atoms with Crippen molar-refractivity contribution in [1.82, 2.24) is 15.1 Å². The molecule has 0 bridgehead atoms. The molecule has 0 atom stereocenters. The van der Waals surface area contributed by atoms with Gasteiger partial charge in [0.1, 0.15) is 0 Å². The van der Waals surface area contributed by atoms with Crippen molar-refractivity contribution in [3.05, 3.63) is 47.3 Å². The molecule has 1 aromatic carbocycles. The molecule has 0 aliphatic rings. The highest BCUT2D eigenvalue weighted by Crippen LogP contribution is 2.33. The first-order valence-corrected chi connectivity index (χ1v) is 7.20. The second-order valence-electron chi connectivity index (χ2n) is 5.76. The van der Waals surface area contributed by atoms with Crippen LogP contribution in [0.2, 0.25) is 0 Å². The molecular weight excluding hydrogens is 307 g/mol. The van der Waals surface area contributed by atoms with Crippen LogP contribution in [0.1, 0.15) is 35.5 Å². The molecule has 1 aromatic heterocycles. The van der Waals surface area contributed by atoms with Crippen LogP contribution in [0.25, 0.3) is 5.69 Å². The summed E-state index contributed by atoms with van der Waals surface area (Å²) in [7, 11) is 0. The molecule has 0 spiro atoms. The number of nitrogens with zero attached hydrogens (tertiary/aromatic N) is 2. The van der Waals surface area contributed by atoms with E-state index in [4.69, 9.17) is 0 Å². The molecule has 2 rings (SSSR count). The van der Waals surface area contributed by atoms with Crippen LogP contribution >= 0.6 is 0 Å². The van der Waals surface area contributed by atoms with Crippen molar-refractivity contribution in [3.63, 3.8) is 0 Å². The maximum Gasteiger partial charge on any atom is 0.434 e. The molecule has 1 amide bonds. The molecule has 1 heterocycles. The Morgan fingerprint density at radius 2 is 1.87 bits per heavy atom. The zero-order chi connectivity index (χ0) is 17.2. The van der Waals surface area contributed by atoms with Gasteiger partial charge in [-0.15, -0.1) is 0 Å². The van der Waals surface area contributed by atoms with Gasteiger partial charge in [0, 0.05) is 6.54 Å². The van der Waals surface area contributed by atoms with Crippen molar-refractivity contribution < 1.29 is 18.0 Å². The van der Waals surface area contributed by atoms with E-state index in [1.165, 1.54) is 12.1 Å². The van der Waals surface area contributed by atoms with Crippen LogP contribution in [0.15, 0.2) is 30.5 Å². The highest BCUT2D eigenvalue weighted by atomic mass is 19.4. The number of carbonyl (C=O) groups is 1. The minimum atomic E-state index is -4.69. The van der Waals surface area contributed by atoms with Gasteiger partial charge in [0.2, 0.25) is 0 Å². The Morgan fingerprint density at radius 3 is 2.39 bits per heavy atom. The first kappa shape index (κ1) is 17.1. The van der Waals surface area contributed by atoms with E-state index in [0.717, 1.165) is 16.4 Å². The molecule has 4 nitrogen and oxygen atoms in total. The Kier molecular flexibility index (Phi) is 4.77. The van der Waals surface area contributed by atoms with Gasteiger partial charge in [-0.05, 0) is 25.0 Å². The normalized spacial score (nSPS) is 11.8. The van der Waals surface area contributed by atoms with Crippen molar-refractivity contribution >= 4 is 5.91 Å². The van der Waals surface area contributed by atoms with Gasteiger partial charge in [-0.25, -0.2) is 4.68 Å². The lowest BCUT2D eigenvalue weighted by atomic mass is 10.2. The second kappa shape index (κ2) is 6.44. The van der Waals surface area contributed by atoms with Gasteiger partial charge in [0.05, 0.1) is 17.4 Å². The fourth-order valence-corrected chi connectivity index (χ4v) is 2.06. The summed E-state index contributed by atoms with van der Waals surface area (Å²) in [5.41, 5.74) is -0.364. The van der Waals surface area contributed by atoms with Crippen LogP contribution in [-0.2, 0) is 6.18 Å². The Labute approximate surface area is 132 Å². The van der Waals surface area contributed by atoms with Crippen LogP contribution in [0.4, 0.5) is 13.2 Å². The van der Waals surface area contributed by atoms with E-state index in [-0.39, 0.29) is 11.6 Å². The van der Waals surface area contributed by atoms with E-state index < -0.39 is 23.3 Å². The topological polar surface area (TPSA) is 46.9 Å². The highest BCUT2D eigenvalue weighted by molar-refractivity contribution is 5.95. The molecule has 124 valence electrons. The predicted octanol–water partition coefficient (Wildman–Crippen LogP) is 3.59. The minimum absolute atomic E-state index is 0.139. The van der Waals surface area contributed by atoms with Crippen molar-refractivity contribution in [2.24, 2.45) is 5.92 Å². The summed E-state index contributed by atoms with van der Waals surface area (Å²) < 4.78 is 41.0. The minimum Gasteiger partial charge on any atom is -0.352 e. The van der Waals surface area contributed by atoms with Crippen molar-refractivity contribution in [2.45, 2.75) is 26.9 Å². The highest BCUT2D eigenvalue weighted by Gasteiger charge is 2.40. The number of aromatic nitrogens is 2. The second-order valence-corrected chi connectivity index (χ2v) is 5.76. The SMILES string of the molecule is Cc1ccc(-n2ncc(C(=O)NCC(C)C)c2C(F)(F)F)cc1. The summed E-state index contributed by atoms with van der Waals surface area (Å²) >= 11 is 0. The van der Waals surface area contributed by atoms with E-state index in [1.807, 2.05) is 20.8 Å². The number of benzene rings is 1. The molecular formula is C16H18F3N3O. The first-order valence-electron chi connectivity index (χ1n) is 7.20. The maximum absolute atomic E-state index is 13.4. The number of nitrogens with one attached hydrogen (secondary N) is 1. The van der Waals surface area contributed by atoms with Crippen LogP contribution in [0, 0.1) is 12.8 Å². The summed E-state index contributed by atoms with van der Waals surface area (Å²) in [6.45, 7) is 5.86. The van der Waals surface area contributed by atoms with Crippen LogP contribution in [0.5, 0.6) is 0 Å². The number of hydrogen-bond acceptors (Lipinski definition) is 2. The molecule has 0 unspecified atom stereocenters. The van der Waals surface area contributed by atoms with Crippen molar-refractivity contribution in [2.75, 3.05) is 6.54 Å². The first-order chi connectivity index (χ1) is 10.7. The molecule has 2 aromatic rings. The summed E-state index contributed by atoms with van der Waals surface area (Å²) in [5.74, 6) is -0.634. The Balaban J connectivity index is 2.45. The van der Waals surface area contributed by atoms with Gasteiger partial charge in [-0.2, -0.15) is 18.3 Å². The average molecular weight is 325 g/mol. The summed E-state index contributed by atoms with van der Waals surface area (Å²) in [6, 6.07) is 6.45. The molecule has 1 N–H and O–H groups in total. The van der Waals surface area contributed by atoms with Crippen LogP contribution < -0.4 is 5.32 Å². The molecule has 0 aliphatic carbocycles. The van der Waals surface area contributed by atoms with Gasteiger partial charge in [-0.3, -0.25) is 4.79 Å². The van der Waals surface area contributed by atoms with E-state index in [0.29, 0.717) is 6.54 Å². The average Bonchev–Trinajstić information content (AvgIpc) is 2.90. The van der Waals surface area contributed by atoms with E-state index in [9.17, 15) is 18.0 Å². The fraction of sp³-hybridized carbons (Fsp3) is 0.375. The lowest BCUT2D eigenvalue weighted by molar-refractivity contribution is -0.143. The summed E-state index contributed by atoms with van der Waals surface area (Å²) in [4.78, 5) is 12.1. The van der Waals surface area contributed by atoms with E-state index >= 15 is 0 Å². The molecule has 0 saturated heterocycles. The molecule has 0 radical (unpaired) electrons. The molecule has 7 heteroatoms. The largest absolute Gasteiger partial charge is 0.434 e. The van der Waals surface area contributed by atoms with Gasteiger partial charge in [0.15, 0.2) is 5.69 Å². The Bertz CT molecular complexity index is 688. The quantitative estimate of drug-likeness (QED) is 0.934. The third-order valence-corrected chi connectivity index (χ3v) is 3.23. The third-order valence-electron chi connectivity index (χ3n) is 3.23. The lowest BCUT2D eigenvalue weighted by Gasteiger charge is -2.13. The zero-order valence-electron chi connectivity index (χ0n) is 13.1. The fourth-order valence-electron chi connectivity index (χ4n) is 2.06. The molecule has 23 heavy (non-hydrogen) atoms. The number of carbonyl (C=O) groups excluding carboxylic acids is 1. The number of hydrogen-bond donors (Lipinski definition) is 1. The number of rotatable bonds is 4. The molecule has 0 saturated carbocycles. The number of alkyl halides is 3. The Hall–Kier alpha value is -2.31. The van der Waals surface area contributed by atoms with Gasteiger partial charge in [0.25, 0.3) is 5.91 Å². The summed E-state index contributed by atoms with van der Waals surface area (Å²) in [5, 5.41) is 6.26. The predicted molar refractivity (Wildman–Crippen MR) is 80.5 cm³/mol. The third kappa shape index (κ3) is 3.91. The molecule has 0 fully saturated rings. The van der Waals surface area contributed by atoms with Crippen molar-refractivity contribution in [3.8, 4) is 5.69 Å². The van der Waals surface area contributed by atoms with Crippen molar-refractivity contribution in [1.29, 1.82) is 0 Å². The number of halogens is 3. The standard InChI is InChI=1S/C16H18F3N3O/c1-10(2)8-20-15(23)13-9-21-22(14(13)16(17,18)19)12-6-4-11(3)5-7-12/h4-7,9-10H,8H2,1-3H3,(H,20,23). The maximum atomic E-state index is 13.4. The van der Waals surface area contributed by atoms with Crippen LogP contribution in [0.3, 0.4) is 0 Å². The molecule has 0 aliphatic heterocycles. The van der Waals surface area contributed by atoms with Gasteiger partial charge in [-0.1, -0.05) is 31.5 Å². The van der Waals surface area contributed by atoms with E-state index in [2.05, 4.69) is 10.4 Å². The van der Waals surface area contributed by atoms with E-state index in [1.54, 1.807) is 12.1 Å². The number of amides is 1. The van der Waals surface area contributed by atoms with Crippen LogP contribution in [-0.4, -0.2) is 22.2 Å². The monoisotopic (exact) mass is 325 g/mol. The Morgan fingerprint density at radius 1 is 1.26 bits per heavy atom. The summed E-state index contributed by atoms with van der Waals surface area (Å²) in [6.07, 6.45) is -3.73. The lowest BCUT2D eigenvalue weighted by Crippen LogP contribution is -2.29. The van der Waals surface area contributed by atoms with Gasteiger partial charge < -0.3 is 5.32 Å². The number of aryl methyl sites for hydroxylation is 1. The van der Waals surface area contributed by atoms with Gasteiger partial charge >= 0.3 is 6.18 Å². The smallest absolute Gasteiger partial charge is 0.352 e. The zero-order valence-corrected chi connectivity index (χ0v) is 13.1.